The van der Waals surface area contributed by atoms with Gasteiger partial charge < -0.3 is 39.4 Å². The van der Waals surface area contributed by atoms with Crippen LogP contribution >= 0.6 is 0 Å². The van der Waals surface area contributed by atoms with Gasteiger partial charge in [-0.1, -0.05) is 174 Å². The van der Waals surface area contributed by atoms with E-state index in [1.807, 2.05) is 0 Å². The molecule has 4 N–H and O–H groups in total. The fraction of sp³-hybridized carbons (Fsp3) is 0.913. The highest BCUT2D eigenvalue weighted by Crippen LogP contribution is 2.23. The van der Waals surface area contributed by atoms with Crippen molar-refractivity contribution in [3.63, 3.8) is 0 Å². The zero-order valence-electron chi connectivity index (χ0n) is 35.9. The van der Waals surface area contributed by atoms with Crippen LogP contribution in [0.15, 0.2) is 12.2 Å². The zero-order valence-corrected chi connectivity index (χ0v) is 35.9. The first kappa shape index (κ1) is 52.5. The summed E-state index contributed by atoms with van der Waals surface area (Å²) in [4.78, 5) is 25.3. The van der Waals surface area contributed by atoms with Gasteiger partial charge in [0.15, 0.2) is 12.4 Å². The van der Waals surface area contributed by atoms with Crippen molar-refractivity contribution in [3.8, 4) is 0 Å². The average molecular weight is 799 g/mol. The Morgan fingerprint density at radius 1 is 0.536 bits per heavy atom. The maximum Gasteiger partial charge on any atom is 0.306 e. The van der Waals surface area contributed by atoms with E-state index in [9.17, 15) is 30.0 Å². The van der Waals surface area contributed by atoms with Crippen LogP contribution in [0.3, 0.4) is 0 Å². The van der Waals surface area contributed by atoms with E-state index in [1.165, 1.54) is 128 Å². The summed E-state index contributed by atoms with van der Waals surface area (Å²) < 4.78 is 22.2. The Labute approximate surface area is 341 Å². The molecule has 56 heavy (non-hydrogen) atoms. The van der Waals surface area contributed by atoms with Crippen LogP contribution < -0.4 is 0 Å². The zero-order chi connectivity index (χ0) is 40.9. The molecule has 330 valence electrons. The molecule has 0 aromatic rings. The Morgan fingerprint density at radius 3 is 1.39 bits per heavy atom. The van der Waals surface area contributed by atoms with Crippen molar-refractivity contribution in [2.45, 2.75) is 250 Å². The van der Waals surface area contributed by atoms with Gasteiger partial charge in [0.1, 0.15) is 31.0 Å². The predicted molar refractivity (Wildman–Crippen MR) is 224 cm³/mol. The lowest BCUT2D eigenvalue weighted by Crippen LogP contribution is -2.59. The summed E-state index contributed by atoms with van der Waals surface area (Å²) in [5.74, 6) is -0.801. The number of esters is 2. The smallest absolute Gasteiger partial charge is 0.306 e. The number of carbonyl (C=O) groups is 2. The van der Waals surface area contributed by atoms with Crippen LogP contribution in [-0.2, 0) is 28.5 Å². The number of allylic oxidation sites excluding steroid dienone is 2. The third-order valence-electron chi connectivity index (χ3n) is 10.9. The van der Waals surface area contributed by atoms with Gasteiger partial charge in [0.25, 0.3) is 0 Å². The standard InChI is InChI=1S/C46H86O10/c1-3-5-7-9-11-13-15-17-19-20-21-23-24-26-28-30-32-34-41(48)53-37-39(38-54-46-45(52)44(51)43(50)40(36-47)56-46)55-42(49)35-33-31-29-27-25-22-18-16-14-12-10-8-6-4-2/h17,19,39-40,43-47,50-52H,3-16,18,20-38H2,1-2H3/b19-17+/t39-,40-,43+,44?,45?,46-/m0/s1. The average Bonchev–Trinajstić information content (AvgIpc) is 3.19. The highest BCUT2D eigenvalue weighted by atomic mass is 16.7. The molecule has 1 aliphatic rings. The van der Waals surface area contributed by atoms with Gasteiger partial charge in [0.2, 0.25) is 0 Å². The molecule has 10 nitrogen and oxygen atoms in total. The van der Waals surface area contributed by atoms with Crippen molar-refractivity contribution in [2.75, 3.05) is 19.8 Å². The van der Waals surface area contributed by atoms with Crippen molar-refractivity contribution in [2.24, 2.45) is 0 Å². The van der Waals surface area contributed by atoms with Gasteiger partial charge in [-0.25, -0.2) is 0 Å². The number of ether oxygens (including phenoxy) is 4. The first-order chi connectivity index (χ1) is 27.3. The molecule has 1 fully saturated rings. The molecule has 0 radical (unpaired) electrons. The van der Waals surface area contributed by atoms with Crippen LogP contribution in [0.1, 0.15) is 213 Å². The number of hydrogen-bond acceptors (Lipinski definition) is 10. The number of unbranched alkanes of at least 4 members (excludes halogenated alkanes) is 26. The summed E-state index contributed by atoms with van der Waals surface area (Å²) in [6.45, 7) is 3.44. The van der Waals surface area contributed by atoms with Crippen molar-refractivity contribution in [1.82, 2.24) is 0 Å². The molecule has 2 unspecified atom stereocenters. The minimum atomic E-state index is -1.59. The molecule has 0 aliphatic carbocycles. The molecular formula is C46H86O10. The monoisotopic (exact) mass is 799 g/mol. The maximum atomic E-state index is 12.8. The summed E-state index contributed by atoms with van der Waals surface area (Å²) in [5.41, 5.74) is 0. The Hall–Kier alpha value is -1.56. The molecule has 1 aliphatic heterocycles. The van der Waals surface area contributed by atoms with Gasteiger partial charge in [0, 0.05) is 12.8 Å². The van der Waals surface area contributed by atoms with E-state index in [1.54, 1.807) is 0 Å². The Morgan fingerprint density at radius 2 is 0.946 bits per heavy atom. The van der Waals surface area contributed by atoms with Gasteiger partial charge >= 0.3 is 11.9 Å². The SMILES string of the molecule is CCCCCCCC/C=C/CCCCCCCCCC(=O)OC[C@@H](CO[C@H]1O[C@@H](CO)[C@@H](O)C(O)C1O)OC(=O)CCCCCCCCCCCCCCCC. The first-order valence-electron chi connectivity index (χ1n) is 23.3. The van der Waals surface area contributed by atoms with Gasteiger partial charge in [-0.15, -0.1) is 0 Å². The molecule has 0 saturated carbocycles. The summed E-state index contributed by atoms with van der Waals surface area (Å²) >= 11 is 0. The van der Waals surface area contributed by atoms with Crippen molar-refractivity contribution >= 4 is 11.9 Å². The lowest BCUT2D eigenvalue weighted by Gasteiger charge is -2.39. The highest BCUT2D eigenvalue weighted by molar-refractivity contribution is 5.70. The second-order valence-corrected chi connectivity index (χ2v) is 16.2. The first-order valence-corrected chi connectivity index (χ1v) is 23.3. The maximum absolute atomic E-state index is 12.8. The molecule has 6 atom stereocenters. The summed E-state index contributed by atoms with van der Waals surface area (Å²) in [6.07, 6.45) is 32.1. The molecular weight excluding hydrogens is 712 g/mol. The van der Waals surface area contributed by atoms with Crippen LogP contribution in [0.4, 0.5) is 0 Å². The number of rotatable bonds is 39. The third kappa shape index (κ3) is 28.8. The third-order valence-corrected chi connectivity index (χ3v) is 10.9. The van der Waals surface area contributed by atoms with Crippen molar-refractivity contribution in [1.29, 1.82) is 0 Å². The Kier molecular flexibility index (Phi) is 35.3. The van der Waals surface area contributed by atoms with Crippen LogP contribution in [0.25, 0.3) is 0 Å². The summed E-state index contributed by atoms with van der Waals surface area (Å²) in [5, 5.41) is 40.1. The van der Waals surface area contributed by atoms with Crippen LogP contribution in [0, 0.1) is 0 Å². The normalized spacial score (nSPS) is 20.4. The van der Waals surface area contributed by atoms with Crippen molar-refractivity contribution in [3.05, 3.63) is 12.2 Å². The molecule has 1 saturated heterocycles. The van der Waals surface area contributed by atoms with E-state index in [2.05, 4.69) is 26.0 Å². The van der Waals surface area contributed by atoms with Crippen LogP contribution in [-0.4, -0.2) is 89.0 Å². The van der Waals surface area contributed by atoms with Gasteiger partial charge in [-0.2, -0.15) is 0 Å². The second-order valence-electron chi connectivity index (χ2n) is 16.2. The Balaban J connectivity index is 2.30. The highest BCUT2D eigenvalue weighted by Gasteiger charge is 2.44. The van der Waals surface area contributed by atoms with Gasteiger partial charge in [0.05, 0.1) is 13.2 Å². The minimum Gasteiger partial charge on any atom is -0.462 e. The molecule has 0 spiro atoms. The Bertz CT molecular complexity index is 928. The molecule has 0 aromatic carbocycles. The van der Waals surface area contributed by atoms with Gasteiger partial charge in [-0.05, 0) is 38.5 Å². The van der Waals surface area contributed by atoms with E-state index in [-0.39, 0.29) is 32.0 Å². The fourth-order valence-electron chi connectivity index (χ4n) is 7.18. The molecule has 10 heteroatoms. The van der Waals surface area contributed by atoms with E-state index in [0.717, 1.165) is 51.4 Å². The predicted octanol–water partition coefficient (Wildman–Crippen LogP) is 9.95. The molecule has 1 heterocycles. The van der Waals surface area contributed by atoms with Crippen molar-refractivity contribution < 1.29 is 49.0 Å². The molecule has 0 aromatic heterocycles. The quantitative estimate of drug-likeness (QED) is 0.0269. The van der Waals surface area contributed by atoms with E-state index in [4.69, 9.17) is 18.9 Å². The van der Waals surface area contributed by atoms with Gasteiger partial charge in [-0.3, -0.25) is 9.59 Å². The topological polar surface area (TPSA) is 152 Å². The number of aliphatic hydroxyl groups excluding tert-OH is 4. The van der Waals surface area contributed by atoms with Crippen LogP contribution in [0.5, 0.6) is 0 Å². The molecule has 1 rings (SSSR count). The summed E-state index contributed by atoms with van der Waals surface area (Å²) in [7, 11) is 0. The minimum absolute atomic E-state index is 0.214. The van der Waals surface area contributed by atoms with E-state index < -0.39 is 49.4 Å². The molecule has 0 bridgehead atoms. The second kappa shape index (κ2) is 37.7. The summed E-state index contributed by atoms with van der Waals surface area (Å²) in [6, 6.07) is 0. The number of aliphatic hydroxyl groups is 4. The lowest BCUT2D eigenvalue weighted by atomic mass is 9.99. The largest absolute Gasteiger partial charge is 0.462 e. The molecule has 0 amide bonds. The van der Waals surface area contributed by atoms with E-state index in [0.29, 0.717) is 6.42 Å². The van der Waals surface area contributed by atoms with Crippen LogP contribution in [0.2, 0.25) is 0 Å². The number of hydrogen-bond donors (Lipinski definition) is 4. The lowest BCUT2D eigenvalue weighted by molar-refractivity contribution is -0.305. The fourth-order valence-corrected chi connectivity index (χ4v) is 7.18. The van der Waals surface area contributed by atoms with E-state index >= 15 is 0 Å². The number of carbonyl (C=O) groups excluding carboxylic acids is 2.